The van der Waals surface area contributed by atoms with Gasteiger partial charge in [0.1, 0.15) is 5.82 Å². The van der Waals surface area contributed by atoms with E-state index in [0.717, 1.165) is 27.8 Å². The molecule has 6 rings (SSSR count). The highest BCUT2D eigenvalue weighted by molar-refractivity contribution is 6.10. The Hall–Kier alpha value is -4.32. The fourth-order valence-electron chi connectivity index (χ4n) is 5.31. The molecule has 2 aliphatic rings. The number of carbonyl (C=O) groups is 2. The molecule has 1 aliphatic carbocycles. The van der Waals surface area contributed by atoms with Crippen LogP contribution in [0.3, 0.4) is 0 Å². The largest absolute Gasteiger partial charge is 0.478 e. The third kappa shape index (κ3) is 3.25. The number of aromatic carboxylic acids is 1. The first-order chi connectivity index (χ1) is 16.9. The number of fused-ring (bicyclic) bond motifs is 2. The topological polar surface area (TPSA) is 79.3 Å². The highest BCUT2D eigenvalue weighted by atomic mass is 19.1. The minimum atomic E-state index is -0.991. The average molecular weight is 464 g/mol. The van der Waals surface area contributed by atoms with E-state index in [9.17, 15) is 14.7 Å². The number of carboxylic acids is 1. The van der Waals surface area contributed by atoms with Crippen LogP contribution in [0.15, 0.2) is 79.1 Å². The number of carbonyl (C=O) groups excluding carboxylic acids is 1. The molecule has 1 amide bonds. The van der Waals surface area contributed by atoms with E-state index in [-0.39, 0.29) is 17.4 Å². The van der Waals surface area contributed by atoms with Gasteiger partial charge in [-0.1, -0.05) is 36.4 Å². The van der Waals surface area contributed by atoms with Crippen LogP contribution in [0.4, 0.5) is 10.1 Å². The van der Waals surface area contributed by atoms with E-state index in [1.54, 1.807) is 37.5 Å². The van der Waals surface area contributed by atoms with E-state index in [0.29, 0.717) is 23.2 Å². The standard InChI is InChI=1S/C29H21FN2O3/c1-16-2-3-20(12-21(16)27(33)34)24-15-29(24)23-13-22(25(30)14-26(23)32-28(29)35)19-6-4-17(5-7-19)18-8-10-31-11-9-18/h2-14,24H,15H2,1H3,(H,32,35)(H,33,34). The molecule has 1 saturated carbocycles. The minimum Gasteiger partial charge on any atom is -0.478 e. The summed E-state index contributed by atoms with van der Waals surface area (Å²) in [4.78, 5) is 28.8. The van der Waals surface area contributed by atoms with E-state index >= 15 is 4.39 Å². The monoisotopic (exact) mass is 464 g/mol. The lowest BCUT2D eigenvalue weighted by atomic mass is 9.88. The second-order valence-electron chi connectivity index (χ2n) is 9.25. The summed E-state index contributed by atoms with van der Waals surface area (Å²) < 4.78 is 15.1. The van der Waals surface area contributed by atoms with Gasteiger partial charge in [0, 0.05) is 29.6 Å². The maximum absolute atomic E-state index is 15.1. The molecule has 0 bridgehead atoms. The number of hydrogen-bond acceptors (Lipinski definition) is 3. The van der Waals surface area contributed by atoms with Gasteiger partial charge in [0.15, 0.2) is 0 Å². The van der Waals surface area contributed by atoms with Gasteiger partial charge in [-0.15, -0.1) is 0 Å². The van der Waals surface area contributed by atoms with Crippen molar-refractivity contribution >= 4 is 17.6 Å². The van der Waals surface area contributed by atoms with Crippen LogP contribution >= 0.6 is 0 Å². The molecular formula is C29H21FN2O3. The molecular weight excluding hydrogens is 443 g/mol. The molecule has 0 saturated heterocycles. The summed E-state index contributed by atoms with van der Waals surface area (Å²) in [6, 6.07) is 19.9. The zero-order chi connectivity index (χ0) is 24.3. The third-order valence-electron chi connectivity index (χ3n) is 7.31. The minimum absolute atomic E-state index is 0.158. The first kappa shape index (κ1) is 21.2. The molecule has 1 aromatic heterocycles. The third-order valence-corrected chi connectivity index (χ3v) is 7.31. The fraction of sp³-hybridized carbons (Fsp3) is 0.138. The molecule has 2 heterocycles. The number of carboxylic acid groups (broad SMARTS) is 1. The number of aryl methyl sites for hydroxylation is 1. The molecule has 3 aromatic carbocycles. The fourth-order valence-corrected chi connectivity index (χ4v) is 5.31. The van der Waals surface area contributed by atoms with Gasteiger partial charge in [-0.05, 0) is 77.1 Å². The van der Waals surface area contributed by atoms with Gasteiger partial charge in [0.05, 0.1) is 11.0 Å². The van der Waals surface area contributed by atoms with Crippen molar-refractivity contribution in [2.45, 2.75) is 24.7 Å². The number of aromatic nitrogens is 1. The Balaban J connectivity index is 1.38. The molecule has 1 spiro atoms. The van der Waals surface area contributed by atoms with Crippen LogP contribution in [0.25, 0.3) is 22.3 Å². The molecule has 2 atom stereocenters. The quantitative estimate of drug-likeness (QED) is 0.392. The summed E-state index contributed by atoms with van der Waals surface area (Å²) in [7, 11) is 0. The number of nitrogens with one attached hydrogen (secondary N) is 1. The smallest absolute Gasteiger partial charge is 0.335 e. The first-order valence-electron chi connectivity index (χ1n) is 11.4. The van der Waals surface area contributed by atoms with Gasteiger partial charge < -0.3 is 10.4 Å². The summed E-state index contributed by atoms with van der Waals surface area (Å²) in [6.07, 6.45) is 4.01. The summed E-state index contributed by atoms with van der Waals surface area (Å²) in [5, 5.41) is 12.4. The van der Waals surface area contributed by atoms with Crippen LogP contribution in [0.5, 0.6) is 0 Å². The second kappa shape index (κ2) is 7.60. The molecule has 1 fully saturated rings. The van der Waals surface area contributed by atoms with Crippen molar-refractivity contribution in [2.75, 3.05) is 5.32 Å². The van der Waals surface area contributed by atoms with E-state index in [2.05, 4.69) is 10.3 Å². The number of amides is 1. The van der Waals surface area contributed by atoms with E-state index in [1.165, 1.54) is 6.07 Å². The lowest BCUT2D eigenvalue weighted by Gasteiger charge is -2.13. The number of benzene rings is 3. The van der Waals surface area contributed by atoms with Crippen molar-refractivity contribution < 1.29 is 19.1 Å². The average Bonchev–Trinajstić information content (AvgIpc) is 3.55. The maximum Gasteiger partial charge on any atom is 0.335 e. The Labute approximate surface area is 201 Å². The van der Waals surface area contributed by atoms with Crippen molar-refractivity contribution in [1.82, 2.24) is 4.98 Å². The van der Waals surface area contributed by atoms with Crippen molar-refractivity contribution in [2.24, 2.45) is 0 Å². The van der Waals surface area contributed by atoms with Crippen molar-refractivity contribution in [3.8, 4) is 22.3 Å². The first-order valence-corrected chi connectivity index (χ1v) is 11.4. The normalized spacial score (nSPS) is 19.9. The van der Waals surface area contributed by atoms with E-state index in [1.807, 2.05) is 42.5 Å². The predicted octanol–water partition coefficient (Wildman–Crippen LogP) is 5.94. The SMILES string of the molecule is Cc1ccc(C2CC23C(=O)Nc2cc(F)c(-c4ccc(-c5ccncc5)cc4)cc23)cc1C(=O)O. The van der Waals surface area contributed by atoms with Crippen LogP contribution < -0.4 is 5.32 Å². The molecule has 1 aliphatic heterocycles. The number of nitrogens with zero attached hydrogens (tertiary/aromatic N) is 1. The molecule has 4 aromatic rings. The number of rotatable bonds is 4. The lowest BCUT2D eigenvalue weighted by Crippen LogP contribution is -2.21. The van der Waals surface area contributed by atoms with Gasteiger partial charge in [0.25, 0.3) is 0 Å². The van der Waals surface area contributed by atoms with Crippen LogP contribution in [0, 0.1) is 12.7 Å². The van der Waals surface area contributed by atoms with E-state index < -0.39 is 17.2 Å². The molecule has 172 valence electrons. The molecule has 6 heteroatoms. The number of anilines is 1. The summed E-state index contributed by atoms with van der Waals surface area (Å²) >= 11 is 0. The van der Waals surface area contributed by atoms with Gasteiger partial charge in [-0.3, -0.25) is 9.78 Å². The van der Waals surface area contributed by atoms with Crippen LogP contribution in [0.2, 0.25) is 0 Å². The van der Waals surface area contributed by atoms with Gasteiger partial charge in [-0.2, -0.15) is 0 Å². The van der Waals surface area contributed by atoms with Gasteiger partial charge in [-0.25, -0.2) is 9.18 Å². The summed E-state index contributed by atoms with van der Waals surface area (Å²) in [6.45, 7) is 1.75. The Morgan fingerprint density at radius 1 is 1.00 bits per heavy atom. The van der Waals surface area contributed by atoms with Crippen LogP contribution in [-0.4, -0.2) is 22.0 Å². The zero-order valence-corrected chi connectivity index (χ0v) is 18.9. The summed E-state index contributed by atoms with van der Waals surface area (Å²) in [5.41, 5.74) is 5.33. The van der Waals surface area contributed by atoms with Crippen molar-refractivity contribution in [1.29, 1.82) is 0 Å². The van der Waals surface area contributed by atoms with Crippen LogP contribution in [0.1, 0.15) is 39.4 Å². The Morgan fingerprint density at radius 2 is 1.69 bits per heavy atom. The predicted molar refractivity (Wildman–Crippen MR) is 131 cm³/mol. The number of pyridine rings is 1. The molecule has 2 N–H and O–H groups in total. The second-order valence-corrected chi connectivity index (χ2v) is 9.25. The van der Waals surface area contributed by atoms with Crippen LogP contribution in [-0.2, 0) is 10.2 Å². The Bertz CT molecular complexity index is 1520. The molecule has 35 heavy (non-hydrogen) atoms. The Morgan fingerprint density at radius 3 is 2.40 bits per heavy atom. The molecule has 5 nitrogen and oxygen atoms in total. The molecule has 0 radical (unpaired) electrons. The van der Waals surface area contributed by atoms with Crippen molar-refractivity contribution in [3.05, 3.63) is 107 Å². The maximum atomic E-state index is 15.1. The lowest BCUT2D eigenvalue weighted by molar-refractivity contribution is -0.118. The Kier molecular flexibility index (Phi) is 4.61. The number of hydrogen-bond donors (Lipinski definition) is 2. The van der Waals surface area contributed by atoms with Crippen molar-refractivity contribution in [3.63, 3.8) is 0 Å². The highest BCUT2D eigenvalue weighted by Gasteiger charge is 2.65. The summed E-state index contributed by atoms with van der Waals surface area (Å²) in [5.74, 6) is -1.72. The molecule has 2 unspecified atom stereocenters. The zero-order valence-electron chi connectivity index (χ0n) is 18.9. The highest BCUT2D eigenvalue weighted by Crippen LogP contribution is 2.65. The number of halogens is 1. The van der Waals surface area contributed by atoms with Gasteiger partial charge >= 0.3 is 5.97 Å². The van der Waals surface area contributed by atoms with Gasteiger partial charge in [0.2, 0.25) is 5.91 Å². The van der Waals surface area contributed by atoms with E-state index in [4.69, 9.17) is 0 Å².